The summed E-state index contributed by atoms with van der Waals surface area (Å²) in [4.78, 5) is 22.7. The Labute approximate surface area is 130 Å². The topological polar surface area (TPSA) is 63.6 Å². The molecule has 0 atom stereocenters. The highest BCUT2D eigenvalue weighted by Gasteiger charge is 2.06. The zero-order valence-electron chi connectivity index (χ0n) is 11.8. The van der Waals surface area contributed by atoms with Gasteiger partial charge in [-0.25, -0.2) is 4.79 Å². The molecule has 0 aromatic heterocycles. The molecule has 0 aliphatic rings. The minimum absolute atomic E-state index is 0.0233. The van der Waals surface area contributed by atoms with Gasteiger partial charge in [0.25, 0.3) is 0 Å². The van der Waals surface area contributed by atoms with Gasteiger partial charge in [-0.05, 0) is 48.0 Å². The van der Waals surface area contributed by atoms with Crippen molar-refractivity contribution in [3.8, 4) is 5.75 Å². The van der Waals surface area contributed by atoms with Gasteiger partial charge < -0.3 is 9.84 Å². The van der Waals surface area contributed by atoms with E-state index in [2.05, 4.69) is 4.74 Å². The van der Waals surface area contributed by atoms with E-state index in [1.807, 2.05) is 0 Å². The molecule has 23 heavy (non-hydrogen) atoms. The molecule has 0 amide bonds. The van der Waals surface area contributed by atoms with Gasteiger partial charge in [-0.3, -0.25) is 4.79 Å². The molecule has 118 valence electrons. The Morgan fingerprint density at radius 2 is 1.52 bits per heavy atom. The molecule has 0 aliphatic carbocycles. The van der Waals surface area contributed by atoms with Crippen LogP contribution in [-0.2, 0) is 0 Å². The number of carboxylic acids is 1. The quantitative estimate of drug-likeness (QED) is 0.648. The predicted octanol–water partition coefficient (Wildman–Crippen LogP) is 3.88. The molecule has 0 saturated carbocycles. The molecule has 0 radical (unpaired) electrons. The highest BCUT2D eigenvalue weighted by molar-refractivity contribution is 6.06. The first kappa shape index (κ1) is 16.4. The molecule has 0 fully saturated rings. The third-order valence-electron chi connectivity index (χ3n) is 2.95. The van der Waals surface area contributed by atoms with Crippen molar-refractivity contribution in [1.29, 1.82) is 0 Å². The molecule has 6 heteroatoms. The summed E-state index contributed by atoms with van der Waals surface area (Å²) >= 11 is 0. The Kier molecular flexibility index (Phi) is 5.19. The molecule has 0 saturated heterocycles. The predicted molar refractivity (Wildman–Crippen MR) is 79.8 cm³/mol. The molecular formula is C17H12F2O4. The van der Waals surface area contributed by atoms with Gasteiger partial charge in [-0.15, -0.1) is 0 Å². The van der Waals surface area contributed by atoms with Crippen LogP contribution in [0.25, 0.3) is 6.08 Å². The van der Waals surface area contributed by atoms with E-state index in [0.717, 1.165) is 0 Å². The fraction of sp³-hybridized carbons (Fsp3) is 0.0588. The number of carbonyl (C=O) groups is 2. The standard InChI is InChI=1S/C17H12F2O4/c18-17(19)23-14-8-6-12(7-9-14)15(20)10-3-11-1-4-13(5-2-11)16(21)22/h1-10,17H,(H,21,22). The van der Waals surface area contributed by atoms with Crippen LogP contribution in [0.3, 0.4) is 0 Å². The van der Waals surface area contributed by atoms with Crippen LogP contribution in [0.1, 0.15) is 26.3 Å². The lowest BCUT2D eigenvalue weighted by Gasteiger charge is -2.04. The van der Waals surface area contributed by atoms with E-state index < -0.39 is 12.6 Å². The number of hydrogen-bond acceptors (Lipinski definition) is 3. The Morgan fingerprint density at radius 1 is 0.957 bits per heavy atom. The van der Waals surface area contributed by atoms with Crippen molar-refractivity contribution in [3.63, 3.8) is 0 Å². The molecule has 0 spiro atoms. The van der Waals surface area contributed by atoms with E-state index in [1.54, 1.807) is 12.1 Å². The second-order valence-electron chi connectivity index (χ2n) is 4.53. The molecule has 0 aliphatic heterocycles. The highest BCUT2D eigenvalue weighted by atomic mass is 19.3. The molecule has 1 N–H and O–H groups in total. The van der Waals surface area contributed by atoms with E-state index in [-0.39, 0.29) is 17.1 Å². The Morgan fingerprint density at radius 3 is 2.04 bits per heavy atom. The lowest BCUT2D eigenvalue weighted by atomic mass is 10.1. The van der Waals surface area contributed by atoms with Gasteiger partial charge >= 0.3 is 12.6 Å². The molecular weight excluding hydrogens is 306 g/mol. The zero-order valence-corrected chi connectivity index (χ0v) is 11.8. The van der Waals surface area contributed by atoms with Crippen molar-refractivity contribution in [3.05, 3.63) is 71.3 Å². The van der Waals surface area contributed by atoms with E-state index in [4.69, 9.17) is 5.11 Å². The third-order valence-corrected chi connectivity index (χ3v) is 2.95. The summed E-state index contributed by atoms with van der Waals surface area (Å²) in [6, 6.07) is 11.4. The number of rotatable bonds is 6. The van der Waals surface area contributed by atoms with E-state index >= 15 is 0 Å². The maximum Gasteiger partial charge on any atom is 0.387 e. The van der Waals surface area contributed by atoms with Crippen LogP contribution in [0.5, 0.6) is 5.75 Å². The Balaban J connectivity index is 2.04. The van der Waals surface area contributed by atoms with Crippen molar-refractivity contribution in [2.24, 2.45) is 0 Å². The number of benzene rings is 2. The monoisotopic (exact) mass is 318 g/mol. The summed E-state index contributed by atoms with van der Waals surface area (Å²) in [5.74, 6) is -1.36. The van der Waals surface area contributed by atoms with E-state index in [1.165, 1.54) is 48.6 Å². The van der Waals surface area contributed by atoms with Gasteiger partial charge in [-0.2, -0.15) is 8.78 Å². The average molecular weight is 318 g/mol. The van der Waals surface area contributed by atoms with Crippen molar-refractivity contribution in [2.45, 2.75) is 6.61 Å². The summed E-state index contributed by atoms with van der Waals surface area (Å²) in [7, 11) is 0. The van der Waals surface area contributed by atoms with E-state index in [0.29, 0.717) is 11.1 Å². The number of halogens is 2. The normalized spacial score (nSPS) is 10.9. The lowest BCUT2D eigenvalue weighted by molar-refractivity contribution is -0.0498. The maximum atomic E-state index is 12.0. The number of alkyl halides is 2. The number of ketones is 1. The zero-order chi connectivity index (χ0) is 16.8. The van der Waals surface area contributed by atoms with Crippen LogP contribution in [0.4, 0.5) is 8.78 Å². The second-order valence-corrected chi connectivity index (χ2v) is 4.53. The van der Waals surface area contributed by atoms with Crippen LogP contribution in [0.15, 0.2) is 54.6 Å². The van der Waals surface area contributed by atoms with E-state index in [9.17, 15) is 18.4 Å². The second kappa shape index (κ2) is 7.31. The lowest BCUT2D eigenvalue weighted by Crippen LogP contribution is -2.02. The van der Waals surface area contributed by atoms with Gasteiger partial charge in [0, 0.05) is 5.56 Å². The molecule has 0 unspecified atom stereocenters. The smallest absolute Gasteiger partial charge is 0.387 e. The highest BCUT2D eigenvalue weighted by Crippen LogP contribution is 2.16. The Bertz CT molecular complexity index is 719. The number of allylic oxidation sites excluding steroid dienone is 1. The van der Waals surface area contributed by atoms with Crippen LogP contribution in [0.2, 0.25) is 0 Å². The van der Waals surface area contributed by atoms with Crippen molar-refractivity contribution in [2.75, 3.05) is 0 Å². The number of carbonyl (C=O) groups excluding carboxylic acids is 1. The number of aromatic carboxylic acids is 1. The summed E-state index contributed by atoms with van der Waals surface area (Å²) < 4.78 is 28.3. The van der Waals surface area contributed by atoms with Crippen molar-refractivity contribution in [1.82, 2.24) is 0 Å². The van der Waals surface area contributed by atoms with Crippen molar-refractivity contribution < 1.29 is 28.2 Å². The molecule has 0 bridgehead atoms. The number of hydrogen-bond donors (Lipinski definition) is 1. The first-order valence-electron chi connectivity index (χ1n) is 6.56. The van der Waals surface area contributed by atoms with Gasteiger partial charge in [-0.1, -0.05) is 18.2 Å². The van der Waals surface area contributed by atoms with Crippen molar-refractivity contribution >= 4 is 17.8 Å². The summed E-state index contributed by atoms with van der Waals surface area (Å²) in [5, 5.41) is 8.79. The molecule has 2 rings (SSSR count). The summed E-state index contributed by atoms with van der Waals surface area (Å²) in [6.45, 7) is -2.91. The summed E-state index contributed by atoms with van der Waals surface area (Å²) in [5.41, 5.74) is 1.15. The largest absolute Gasteiger partial charge is 0.478 e. The molecule has 0 heterocycles. The van der Waals surface area contributed by atoms with Gasteiger partial charge in [0.05, 0.1) is 5.56 Å². The third kappa shape index (κ3) is 4.74. The maximum absolute atomic E-state index is 12.0. The van der Waals surface area contributed by atoms with Crippen LogP contribution < -0.4 is 4.74 Å². The first-order valence-corrected chi connectivity index (χ1v) is 6.56. The minimum atomic E-state index is -2.91. The van der Waals surface area contributed by atoms with Gasteiger partial charge in [0.2, 0.25) is 0 Å². The van der Waals surface area contributed by atoms with Crippen LogP contribution in [0, 0.1) is 0 Å². The number of carboxylic acid groups (broad SMARTS) is 1. The minimum Gasteiger partial charge on any atom is -0.478 e. The fourth-order valence-electron chi connectivity index (χ4n) is 1.81. The van der Waals surface area contributed by atoms with Gasteiger partial charge in [0.15, 0.2) is 5.78 Å². The molecule has 2 aromatic carbocycles. The number of ether oxygens (including phenoxy) is 1. The average Bonchev–Trinajstić information content (AvgIpc) is 2.53. The SMILES string of the molecule is O=C(O)c1ccc(C=CC(=O)c2ccc(OC(F)F)cc2)cc1. The first-order chi connectivity index (χ1) is 11.0. The molecule has 4 nitrogen and oxygen atoms in total. The van der Waals surface area contributed by atoms with Gasteiger partial charge in [0.1, 0.15) is 5.75 Å². The van der Waals surface area contributed by atoms with Crippen LogP contribution in [-0.4, -0.2) is 23.5 Å². The fourth-order valence-corrected chi connectivity index (χ4v) is 1.81. The Hall–Kier alpha value is -3.02. The summed E-state index contributed by atoms with van der Waals surface area (Å²) in [6.07, 6.45) is 2.86. The van der Waals surface area contributed by atoms with Crippen LogP contribution >= 0.6 is 0 Å². The molecule has 2 aromatic rings.